The highest BCUT2D eigenvalue weighted by molar-refractivity contribution is 5.94. The Balaban J connectivity index is 2.02. The number of hydrogen-bond donors (Lipinski definition) is 2. The van der Waals surface area contributed by atoms with Crippen LogP contribution in [0, 0.1) is 28.8 Å². The Hall–Kier alpha value is -3.01. The van der Waals surface area contributed by atoms with Gasteiger partial charge in [0.25, 0.3) is 0 Å². The van der Waals surface area contributed by atoms with Gasteiger partial charge in [0.05, 0.1) is 23.5 Å². The molecule has 2 rings (SSSR count). The zero-order valence-corrected chi connectivity index (χ0v) is 11.2. The minimum absolute atomic E-state index is 0.273. The van der Waals surface area contributed by atoms with Crippen LogP contribution < -0.4 is 10.6 Å². The van der Waals surface area contributed by atoms with E-state index in [0.29, 0.717) is 5.69 Å². The third-order valence-electron chi connectivity index (χ3n) is 2.80. The van der Waals surface area contributed by atoms with Gasteiger partial charge in [-0.1, -0.05) is 12.1 Å². The molecular weight excluding hydrogens is 295 g/mol. The second-order valence-electron chi connectivity index (χ2n) is 4.28. The average molecular weight is 305 g/mol. The minimum Gasteiger partial charge on any atom is -0.374 e. The van der Waals surface area contributed by atoms with Crippen LogP contribution in [0.1, 0.15) is 5.56 Å². The number of hydrogen-bond acceptors (Lipinski definition) is 3. The molecule has 7 heteroatoms. The molecule has 0 aromatic heterocycles. The fourth-order valence-corrected chi connectivity index (χ4v) is 1.72. The van der Waals surface area contributed by atoms with E-state index in [1.807, 2.05) is 6.07 Å². The van der Waals surface area contributed by atoms with Crippen LogP contribution >= 0.6 is 0 Å². The van der Waals surface area contributed by atoms with Gasteiger partial charge in [-0.3, -0.25) is 4.79 Å². The van der Waals surface area contributed by atoms with Crippen LogP contribution in [0.5, 0.6) is 0 Å². The summed E-state index contributed by atoms with van der Waals surface area (Å²) in [5.41, 5.74) is 0.250. The highest BCUT2D eigenvalue weighted by Gasteiger charge is 2.14. The highest BCUT2D eigenvalue weighted by Crippen LogP contribution is 2.19. The summed E-state index contributed by atoms with van der Waals surface area (Å²) < 4.78 is 39.2. The molecule has 2 aromatic carbocycles. The number of benzene rings is 2. The molecule has 1 amide bonds. The van der Waals surface area contributed by atoms with Crippen molar-refractivity contribution in [1.82, 2.24) is 0 Å². The van der Waals surface area contributed by atoms with Crippen LogP contribution in [0.3, 0.4) is 0 Å². The fraction of sp³-hybridized carbons (Fsp3) is 0.0667. The maximum absolute atomic E-state index is 13.4. The van der Waals surface area contributed by atoms with E-state index in [-0.39, 0.29) is 17.8 Å². The number of halogens is 3. The largest absolute Gasteiger partial charge is 0.374 e. The topological polar surface area (TPSA) is 64.9 Å². The van der Waals surface area contributed by atoms with Crippen LogP contribution in [0.15, 0.2) is 36.4 Å². The predicted octanol–water partition coefficient (Wildman–Crippen LogP) is 3.03. The van der Waals surface area contributed by atoms with Gasteiger partial charge in [0.1, 0.15) is 6.07 Å². The Morgan fingerprint density at radius 1 is 1.05 bits per heavy atom. The van der Waals surface area contributed by atoms with E-state index in [4.69, 9.17) is 5.26 Å². The lowest BCUT2D eigenvalue weighted by atomic mass is 10.2. The van der Waals surface area contributed by atoms with Crippen molar-refractivity contribution in [1.29, 1.82) is 5.26 Å². The number of rotatable bonds is 4. The average Bonchev–Trinajstić information content (AvgIpc) is 2.52. The monoisotopic (exact) mass is 305 g/mol. The van der Waals surface area contributed by atoms with Crippen LogP contribution in [0.25, 0.3) is 0 Å². The lowest BCUT2D eigenvalue weighted by molar-refractivity contribution is -0.114. The Labute approximate surface area is 124 Å². The van der Waals surface area contributed by atoms with Crippen LogP contribution in [0.4, 0.5) is 24.5 Å². The fourth-order valence-electron chi connectivity index (χ4n) is 1.72. The number of nitriles is 1. The lowest BCUT2D eigenvalue weighted by Crippen LogP contribution is -2.22. The summed E-state index contributed by atoms with van der Waals surface area (Å²) in [7, 11) is 0. The van der Waals surface area contributed by atoms with Gasteiger partial charge in [-0.15, -0.1) is 0 Å². The molecule has 112 valence electrons. The summed E-state index contributed by atoms with van der Waals surface area (Å²) in [6.45, 7) is -0.373. The van der Waals surface area contributed by atoms with E-state index in [1.165, 1.54) is 12.1 Å². The molecule has 0 aliphatic heterocycles. The first kappa shape index (κ1) is 15.4. The van der Waals surface area contributed by atoms with E-state index in [1.54, 1.807) is 12.1 Å². The van der Waals surface area contributed by atoms with Gasteiger partial charge in [-0.25, -0.2) is 13.2 Å². The number of nitrogens with zero attached hydrogens (tertiary/aromatic N) is 1. The van der Waals surface area contributed by atoms with Gasteiger partial charge >= 0.3 is 0 Å². The number of carbonyl (C=O) groups is 1. The standard InChI is InChI=1S/C15H10F3N3O/c16-10-5-6-12(15(18)14(10)17)20-8-13(22)21-11-4-2-1-3-9(11)7-19/h1-6,20H,8H2,(H,21,22). The molecule has 4 nitrogen and oxygen atoms in total. The highest BCUT2D eigenvalue weighted by atomic mass is 19.2. The quantitative estimate of drug-likeness (QED) is 0.853. The molecule has 0 fully saturated rings. The van der Waals surface area contributed by atoms with Crippen molar-refractivity contribution >= 4 is 17.3 Å². The number of amides is 1. The van der Waals surface area contributed by atoms with Crippen LogP contribution in [0.2, 0.25) is 0 Å². The van der Waals surface area contributed by atoms with Crippen molar-refractivity contribution in [3.05, 3.63) is 59.4 Å². The van der Waals surface area contributed by atoms with Crippen molar-refractivity contribution in [3.8, 4) is 6.07 Å². The van der Waals surface area contributed by atoms with Gasteiger partial charge in [-0.2, -0.15) is 5.26 Å². The number of carbonyl (C=O) groups excluding carboxylic acids is 1. The molecule has 2 N–H and O–H groups in total. The molecule has 0 radical (unpaired) electrons. The Morgan fingerprint density at radius 3 is 2.50 bits per heavy atom. The van der Waals surface area contributed by atoms with Crippen molar-refractivity contribution in [3.63, 3.8) is 0 Å². The summed E-state index contributed by atoms with van der Waals surface area (Å²) >= 11 is 0. The van der Waals surface area contributed by atoms with Crippen molar-refractivity contribution < 1.29 is 18.0 Å². The van der Waals surface area contributed by atoms with E-state index in [0.717, 1.165) is 12.1 Å². The summed E-state index contributed by atoms with van der Waals surface area (Å²) in [5, 5.41) is 13.7. The Bertz CT molecular complexity index is 756. The Kier molecular flexibility index (Phi) is 4.63. The van der Waals surface area contributed by atoms with E-state index >= 15 is 0 Å². The number of anilines is 2. The van der Waals surface area contributed by atoms with Gasteiger partial charge < -0.3 is 10.6 Å². The van der Waals surface area contributed by atoms with Gasteiger partial charge in [-0.05, 0) is 24.3 Å². The SMILES string of the molecule is N#Cc1ccccc1NC(=O)CNc1ccc(F)c(F)c1F. The number of para-hydroxylation sites is 1. The summed E-state index contributed by atoms with van der Waals surface area (Å²) in [4.78, 5) is 11.7. The molecule has 0 saturated carbocycles. The molecule has 0 aliphatic rings. The summed E-state index contributed by atoms with van der Waals surface area (Å²) in [5.74, 6) is -4.88. The van der Waals surface area contributed by atoms with Gasteiger partial charge in [0, 0.05) is 0 Å². The summed E-state index contributed by atoms with van der Waals surface area (Å²) in [6, 6.07) is 10.00. The van der Waals surface area contributed by atoms with Gasteiger partial charge in [0.15, 0.2) is 17.5 Å². The van der Waals surface area contributed by atoms with Gasteiger partial charge in [0.2, 0.25) is 5.91 Å². The summed E-state index contributed by atoms with van der Waals surface area (Å²) in [6.07, 6.45) is 0. The van der Waals surface area contributed by atoms with Crippen molar-refractivity contribution in [2.24, 2.45) is 0 Å². The first-order valence-electron chi connectivity index (χ1n) is 6.19. The predicted molar refractivity (Wildman–Crippen MR) is 74.6 cm³/mol. The third kappa shape index (κ3) is 3.35. The van der Waals surface area contributed by atoms with Crippen LogP contribution in [-0.4, -0.2) is 12.5 Å². The van der Waals surface area contributed by atoms with Crippen molar-refractivity contribution in [2.45, 2.75) is 0 Å². The first-order chi connectivity index (χ1) is 10.5. The smallest absolute Gasteiger partial charge is 0.243 e. The molecule has 0 heterocycles. The van der Waals surface area contributed by atoms with E-state index < -0.39 is 23.4 Å². The molecule has 22 heavy (non-hydrogen) atoms. The van der Waals surface area contributed by atoms with Crippen LogP contribution in [-0.2, 0) is 4.79 Å². The molecule has 0 atom stereocenters. The molecule has 2 aromatic rings. The molecule has 0 aliphatic carbocycles. The zero-order valence-electron chi connectivity index (χ0n) is 11.2. The minimum atomic E-state index is -1.61. The maximum Gasteiger partial charge on any atom is 0.243 e. The molecule has 0 bridgehead atoms. The zero-order chi connectivity index (χ0) is 16.1. The molecular formula is C15H10F3N3O. The molecule has 0 spiro atoms. The molecule has 0 saturated heterocycles. The van der Waals surface area contributed by atoms with E-state index in [2.05, 4.69) is 10.6 Å². The Morgan fingerprint density at radius 2 is 1.77 bits per heavy atom. The first-order valence-corrected chi connectivity index (χ1v) is 6.19. The van der Waals surface area contributed by atoms with E-state index in [9.17, 15) is 18.0 Å². The normalized spacial score (nSPS) is 9.91. The van der Waals surface area contributed by atoms with Crippen molar-refractivity contribution in [2.75, 3.05) is 17.2 Å². The second-order valence-corrected chi connectivity index (χ2v) is 4.28. The maximum atomic E-state index is 13.4. The third-order valence-corrected chi connectivity index (χ3v) is 2.80. The number of nitrogens with one attached hydrogen (secondary N) is 2. The molecule has 0 unspecified atom stereocenters. The second kappa shape index (κ2) is 6.63. The lowest BCUT2D eigenvalue weighted by Gasteiger charge is -2.10.